The van der Waals surface area contributed by atoms with Gasteiger partial charge in [0.25, 0.3) is 5.91 Å². The predicted molar refractivity (Wildman–Crippen MR) is 114 cm³/mol. The summed E-state index contributed by atoms with van der Waals surface area (Å²) in [6, 6.07) is 2.08. The molecule has 0 radical (unpaired) electrons. The summed E-state index contributed by atoms with van der Waals surface area (Å²) in [5, 5.41) is 11.2. The first-order chi connectivity index (χ1) is 14.8. The third-order valence-electron chi connectivity index (χ3n) is 4.54. The van der Waals surface area contributed by atoms with Crippen molar-refractivity contribution in [2.45, 2.75) is 52.6 Å². The van der Waals surface area contributed by atoms with Gasteiger partial charge in [0.1, 0.15) is 9.75 Å². The van der Waals surface area contributed by atoms with Crippen LogP contribution in [0.25, 0.3) is 0 Å². The molecular weight excluding hydrogens is 422 g/mol. The normalized spacial score (nSPS) is 13.6. The van der Waals surface area contributed by atoms with Crippen LogP contribution >= 0.6 is 11.3 Å². The Balaban J connectivity index is 2.15. The van der Waals surface area contributed by atoms with Gasteiger partial charge in [-0.1, -0.05) is 6.42 Å². The highest BCUT2D eigenvalue weighted by molar-refractivity contribution is 7.16. The molecular formula is C21H29N3O6S. The van der Waals surface area contributed by atoms with Crippen molar-refractivity contribution in [2.24, 2.45) is 0 Å². The third-order valence-corrected chi connectivity index (χ3v) is 5.78. The number of amides is 2. The van der Waals surface area contributed by atoms with E-state index < -0.39 is 12.1 Å². The first-order valence-electron chi connectivity index (χ1n) is 10.4. The van der Waals surface area contributed by atoms with Crippen molar-refractivity contribution < 1.29 is 28.6 Å². The van der Waals surface area contributed by atoms with Gasteiger partial charge in [0.05, 0.1) is 25.4 Å². The monoisotopic (exact) mass is 451 g/mol. The van der Waals surface area contributed by atoms with E-state index in [0.29, 0.717) is 51.3 Å². The van der Waals surface area contributed by atoms with Gasteiger partial charge in [0, 0.05) is 31.6 Å². The van der Waals surface area contributed by atoms with Gasteiger partial charge < -0.3 is 24.4 Å². The molecule has 9 nitrogen and oxygen atoms in total. The zero-order valence-corrected chi connectivity index (χ0v) is 19.0. The van der Waals surface area contributed by atoms with Crippen molar-refractivity contribution in [3.05, 3.63) is 15.3 Å². The number of ether oxygens (including phenoxy) is 3. The largest absolute Gasteiger partial charge is 0.459 e. The Bertz CT molecular complexity index is 824. The number of unbranched alkanes of at least 4 members (excludes halogenated alkanes) is 3. The molecule has 0 atom stereocenters. The molecule has 1 aliphatic rings. The molecule has 1 N–H and O–H groups in total. The van der Waals surface area contributed by atoms with Gasteiger partial charge in [-0.2, -0.15) is 5.26 Å². The van der Waals surface area contributed by atoms with E-state index in [1.165, 1.54) is 0 Å². The molecule has 0 aromatic carbocycles. The summed E-state index contributed by atoms with van der Waals surface area (Å²) < 4.78 is 16.0. The molecule has 1 fully saturated rings. The van der Waals surface area contributed by atoms with Crippen LogP contribution in [0.1, 0.15) is 64.4 Å². The Morgan fingerprint density at radius 1 is 1.19 bits per heavy atom. The van der Waals surface area contributed by atoms with E-state index in [1.54, 1.807) is 25.7 Å². The first-order valence-corrected chi connectivity index (χ1v) is 11.2. The fraction of sp³-hybridized carbons (Fsp3) is 0.619. The second-order valence-corrected chi connectivity index (χ2v) is 8.38. The fourth-order valence-electron chi connectivity index (χ4n) is 2.96. The van der Waals surface area contributed by atoms with Gasteiger partial charge in [-0.3, -0.25) is 4.79 Å². The Kier molecular flexibility index (Phi) is 9.75. The zero-order chi connectivity index (χ0) is 22.8. The number of carbonyl (C=O) groups is 3. The fourth-order valence-corrected chi connectivity index (χ4v) is 4.04. The highest BCUT2D eigenvalue weighted by atomic mass is 32.1. The second-order valence-electron chi connectivity index (χ2n) is 7.36. The molecule has 0 spiro atoms. The van der Waals surface area contributed by atoms with E-state index >= 15 is 0 Å². The van der Waals surface area contributed by atoms with Crippen LogP contribution in [0.15, 0.2) is 0 Å². The number of hydrogen-bond donors (Lipinski definition) is 1. The third kappa shape index (κ3) is 7.22. The minimum Gasteiger partial charge on any atom is -0.459 e. The van der Waals surface area contributed by atoms with Crippen molar-refractivity contribution in [1.29, 1.82) is 5.26 Å². The molecule has 0 saturated carbocycles. The van der Waals surface area contributed by atoms with E-state index in [-0.39, 0.29) is 27.5 Å². The number of hydrogen-bond acceptors (Lipinski definition) is 8. The maximum absolute atomic E-state index is 13.1. The summed E-state index contributed by atoms with van der Waals surface area (Å²) in [4.78, 5) is 39.9. The molecule has 0 aliphatic carbocycles. The average molecular weight is 452 g/mol. The van der Waals surface area contributed by atoms with Gasteiger partial charge in [0.2, 0.25) is 0 Å². The average Bonchev–Trinajstić information content (AvgIpc) is 3.06. The van der Waals surface area contributed by atoms with Gasteiger partial charge >= 0.3 is 12.1 Å². The minimum absolute atomic E-state index is 0.0826. The summed E-state index contributed by atoms with van der Waals surface area (Å²) in [7, 11) is 0. The number of thiophene rings is 1. The van der Waals surface area contributed by atoms with Gasteiger partial charge in [-0.15, -0.1) is 11.3 Å². The van der Waals surface area contributed by atoms with Crippen LogP contribution in [-0.4, -0.2) is 61.8 Å². The van der Waals surface area contributed by atoms with Crippen molar-refractivity contribution >= 4 is 29.3 Å². The number of rotatable bonds is 9. The SMILES string of the molecule is Cc1c(C(=O)OC(C)C)sc(C(=O)N2CCOCC2)c1OC(=O)NCCCCCC#N. The molecule has 1 aliphatic heterocycles. The van der Waals surface area contributed by atoms with E-state index in [9.17, 15) is 14.4 Å². The molecule has 2 amide bonds. The molecule has 0 bridgehead atoms. The summed E-state index contributed by atoms with van der Waals surface area (Å²) in [5.74, 6) is -0.778. The second kappa shape index (κ2) is 12.3. The summed E-state index contributed by atoms with van der Waals surface area (Å²) in [6.45, 7) is 7.22. The van der Waals surface area contributed by atoms with Crippen molar-refractivity contribution in [3.63, 3.8) is 0 Å². The molecule has 2 rings (SSSR count). The lowest BCUT2D eigenvalue weighted by atomic mass is 10.2. The van der Waals surface area contributed by atoms with Crippen LogP contribution in [0, 0.1) is 18.3 Å². The van der Waals surface area contributed by atoms with Gasteiger partial charge in [-0.05, 0) is 33.6 Å². The van der Waals surface area contributed by atoms with E-state index in [1.807, 2.05) is 0 Å². The standard InChI is InChI=1S/C21H29N3O6S/c1-14(2)29-20(26)17-15(3)16(30-21(27)23-9-7-5-4-6-8-22)18(31-17)19(25)24-10-12-28-13-11-24/h14H,4-7,9-13H2,1-3H3,(H,23,27). The maximum atomic E-state index is 13.1. The zero-order valence-electron chi connectivity index (χ0n) is 18.2. The highest BCUT2D eigenvalue weighted by Gasteiger charge is 2.31. The van der Waals surface area contributed by atoms with E-state index in [0.717, 1.165) is 24.2 Å². The predicted octanol–water partition coefficient (Wildman–Crippen LogP) is 3.27. The molecule has 1 saturated heterocycles. The topological polar surface area (TPSA) is 118 Å². The number of carbonyl (C=O) groups excluding carboxylic acids is 3. The van der Waals surface area contributed by atoms with Crippen LogP contribution in [0.2, 0.25) is 0 Å². The lowest BCUT2D eigenvalue weighted by molar-refractivity contribution is 0.0304. The van der Waals surface area contributed by atoms with Crippen LogP contribution in [0.4, 0.5) is 4.79 Å². The van der Waals surface area contributed by atoms with E-state index in [4.69, 9.17) is 19.5 Å². The Morgan fingerprint density at radius 2 is 1.90 bits per heavy atom. The molecule has 2 heterocycles. The van der Waals surface area contributed by atoms with E-state index in [2.05, 4.69) is 11.4 Å². The van der Waals surface area contributed by atoms with Crippen molar-refractivity contribution in [3.8, 4) is 11.8 Å². The molecule has 1 aromatic rings. The Hall–Kier alpha value is -2.64. The van der Waals surface area contributed by atoms with Crippen LogP contribution in [0.3, 0.4) is 0 Å². The smallest absolute Gasteiger partial charge is 0.412 e. The Labute approximate surface area is 186 Å². The molecule has 31 heavy (non-hydrogen) atoms. The lowest BCUT2D eigenvalue weighted by Gasteiger charge is -2.26. The quantitative estimate of drug-likeness (QED) is 0.452. The van der Waals surface area contributed by atoms with Crippen LogP contribution in [0.5, 0.6) is 5.75 Å². The van der Waals surface area contributed by atoms with Crippen LogP contribution in [-0.2, 0) is 9.47 Å². The molecule has 0 unspecified atom stereocenters. The number of nitrogens with zero attached hydrogens (tertiary/aromatic N) is 2. The summed E-state index contributed by atoms with van der Waals surface area (Å²) in [5.41, 5.74) is 0.399. The van der Waals surface area contributed by atoms with Crippen LogP contribution < -0.4 is 10.1 Å². The molecule has 1 aromatic heterocycles. The van der Waals surface area contributed by atoms with Crippen molar-refractivity contribution in [1.82, 2.24) is 10.2 Å². The minimum atomic E-state index is -0.694. The first kappa shape index (κ1) is 24.6. The number of esters is 1. The summed E-state index contributed by atoms with van der Waals surface area (Å²) >= 11 is 0.975. The number of nitriles is 1. The maximum Gasteiger partial charge on any atom is 0.412 e. The highest BCUT2D eigenvalue weighted by Crippen LogP contribution is 2.37. The summed E-state index contributed by atoms with van der Waals surface area (Å²) in [6.07, 6.45) is 1.78. The number of morpholine rings is 1. The van der Waals surface area contributed by atoms with Crippen molar-refractivity contribution in [2.75, 3.05) is 32.8 Å². The number of nitrogens with one attached hydrogen (secondary N) is 1. The lowest BCUT2D eigenvalue weighted by Crippen LogP contribution is -2.40. The van der Waals surface area contributed by atoms with Gasteiger partial charge in [-0.25, -0.2) is 9.59 Å². The Morgan fingerprint density at radius 3 is 2.55 bits per heavy atom. The molecule has 170 valence electrons. The molecule has 10 heteroatoms. The van der Waals surface area contributed by atoms with Gasteiger partial charge in [0.15, 0.2) is 5.75 Å².